The summed E-state index contributed by atoms with van der Waals surface area (Å²) in [6.45, 7) is 4.61. The molecular weight excluding hydrogens is 300 g/mol. The van der Waals surface area contributed by atoms with Gasteiger partial charge in [0.05, 0.1) is 5.56 Å². The Bertz CT molecular complexity index is 782. The predicted octanol–water partition coefficient (Wildman–Crippen LogP) is 3.79. The molecule has 3 saturated carbocycles. The number of hydrogen-bond acceptors (Lipinski definition) is 3. The van der Waals surface area contributed by atoms with Crippen molar-refractivity contribution in [3.05, 3.63) is 48.0 Å². The Kier molecular flexibility index (Phi) is 2.52. The molecule has 6 atom stereocenters. The van der Waals surface area contributed by atoms with E-state index in [9.17, 15) is 9.59 Å². The zero-order valence-corrected chi connectivity index (χ0v) is 14.1. The van der Waals surface area contributed by atoms with Gasteiger partial charge in [-0.05, 0) is 54.2 Å². The number of allylic oxidation sites excluding steroid dienone is 1. The number of ketones is 1. The number of hydrogen-bond donors (Lipinski definition) is 0. The van der Waals surface area contributed by atoms with E-state index in [0.29, 0.717) is 11.5 Å². The van der Waals surface area contributed by atoms with Crippen LogP contribution in [0.3, 0.4) is 0 Å². The fourth-order valence-corrected chi connectivity index (χ4v) is 6.68. The fourth-order valence-electron chi connectivity index (χ4n) is 6.68. The molecule has 0 amide bonds. The van der Waals surface area contributed by atoms with E-state index in [1.165, 1.54) is 0 Å². The van der Waals surface area contributed by atoms with Gasteiger partial charge in [-0.3, -0.25) is 4.79 Å². The van der Waals surface area contributed by atoms with Gasteiger partial charge in [-0.25, -0.2) is 4.79 Å². The smallest absolute Gasteiger partial charge is 0.338 e. The summed E-state index contributed by atoms with van der Waals surface area (Å²) in [6, 6.07) is 9.20. The zero-order chi connectivity index (χ0) is 16.7. The molecular formula is C21H22O3. The van der Waals surface area contributed by atoms with Crippen molar-refractivity contribution in [1.29, 1.82) is 0 Å². The molecule has 4 aliphatic rings. The van der Waals surface area contributed by atoms with Crippen LogP contribution in [0.1, 0.15) is 43.5 Å². The highest BCUT2D eigenvalue weighted by Gasteiger charge is 2.82. The van der Waals surface area contributed by atoms with E-state index in [0.717, 1.165) is 19.3 Å². The lowest BCUT2D eigenvalue weighted by atomic mass is 9.35. The van der Waals surface area contributed by atoms with Crippen LogP contribution in [0.4, 0.5) is 0 Å². The molecule has 0 unspecified atom stereocenters. The molecule has 5 rings (SSSR count). The van der Waals surface area contributed by atoms with Crippen molar-refractivity contribution in [2.75, 3.05) is 0 Å². The largest absolute Gasteiger partial charge is 0.458 e. The minimum atomic E-state index is -0.242. The van der Waals surface area contributed by atoms with Crippen molar-refractivity contribution in [3.63, 3.8) is 0 Å². The third-order valence-electron chi connectivity index (χ3n) is 8.18. The van der Waals surface area contributed by atoms with Gasteiger partial charge in [0, 0.05) is 11.3 Å². The van der Waals surface area contributed by atoms with Gasteiger partial charge in [0.15, 0.2) is 5.78 Å². The molecule has 4 aliphatic carbocycles. The maximum atomic E-state index is 12.6. The molecule has 0 heterocycles. The summed E-state index contributed by atoms with van der Waals surface area (Å²) in [5.74, 6) is 0.675. The lowest BCUT2D eigenvalue weighted by Crippen LogP contribution is -2.68. The van der Waals surface area contributed by atoms with E-state index in [1.807, 2.05) is 18.2 Å². The lowest BCUT2D eigenvalue weighted by molar-refractivity contribution is -0.214. The van der Waals surface area contributed by atoms with Crippen molar-refractivity contribution in [2.45, 2.75) is 39.2 Å². The van der Waals surface area contributed by atoms with Crippen molar-refractivity contribution in [3.8, 4) is 0 Å². The van der Waals surface area contributed by atoms with Crippen LogP contribution in [-0.4, -0.2) is 17.9 Å². The average molecular weight is 322 g/mol. The Labute approximate surface area is 142 Å². The van der Waals surface area contributed by atoms with Crippen molar-refractivity contribution in [2.24, 2.45) is 28.1 Å². The number of ether oxygens (including phenoxy) is 1. The molecule has 0 aromatic heterocycles. The van der Waals surface area contributed by atoms with Crippen LogP contribution in [0.2, 0.25) is 0 Å². The molecule has 3 nitrogen and oxygen atoms in total. The standard InChI is InChI=1S/C21H22O3/c1-19-12-15-16(22)8-9-21(20(15,19)2)11-14(19)10-17(21)24-18(23)13-6-4-3-5-7-13/h3-9,14-15,17H,10-12H2,1-2H3/t14-,15-,17-,19+,20+,21-/m1/s1. The molecule has 1 spiro atoms. The van der Waals surface area contributed by atoms with Crippen LogP contribution in [0, 0.1) is 28.1 Å². The Balaban J connectivity index is 1.52. The molecule has 0 radical (unpaired) electrons. The Morgan fingerprint density at radius 1 is 1.17 bits per heavy atom. The number of rotatable bonds is 2. The minimum absolute atomic E-state index is 0.0591. The number of benzene rings is 1. The monoisotopic (exact) mass is 322 g/mol. The highest BCUT2D eigenvalue weighted by Crippen LogP contribution is 2.84. The quantitative estimate of drug-likeness (QED) is 0.778. The average Bonchev–Trinajstić information content (AvgIpc) is 3.02. The van der Waals surface area contributed by atoms with E-state index in [2.05, 4.69) is 19.9 Å². The van der Waals surface area contributed by atoms with Crippen molar-refractivity contribution < 1.29 is 14.3 Å². The third kappa shape index (κ3) is 1.34. The van der Waals surface area contributed by atoms with Gasteiger partial charge >= 0.3 is 5.97 Å². The third-order valence-corrected chi connectivity index (χ3v) is 8.18. The highest BCUT2D eigenvalue weighted by molar-refractivity contribution is 5.95. The van der Waals surface area contributed by atoms with Crippen LogP contribution < -0.4 is 0 Å². The summed E-state index contributed by atoms with van der Waals surface area (Å²) in [5, 5.41) is 0. The zero-order valence-electron chi connectivity index (χ0n) is 14.1. The first-order chi connectivity index (χ1) is 11.4. The number of esters is 1. The van der Waals surface area contributed by atoms with Crippen LogP contribution in [0.15, 0.2) is 42.5 Å². The normalized spacial score (nSPS) is 47.2. The number of carbonyl (C=O) groups excluding carboxylic acids is 2. The number of fused-ring (bicyclic) bond motifs is 2. The Hall–Kier alpha value is -1.90. The van der Waals surface area contributed by atoms with Gasteiger partial charge < -0.3 is 4.74 Å². The van der Waals surface area contributed by atoms with Crippen LogP contribution in [0.5, 0.6) is 0 Å². The molecule has 0 saturated heterocycles. The molecule has 2 bridgehead atoms. The summed E-state index contributed by atoms with van der Waals surface area (Å²) in [4.78, 5) is 24.9. The van der Waals surface area contributed by atoms with Crippen LogP contribution in [-0.2, 0) is 9.53 Å². The van der Waals surface area contributed by atoms with E-state index in [4.69, 9.17) is 4.74 Å². The second kappa shape index (κ2) is 4.19. The summed E-state index contributed by atoms with van der Waals surface area (Å²) < 4.78 is 6.00. The summed E-state index contributed by atoms with van der Waals surface area (Å²) in [6.07, 6.45) is 6.73. The van der Waals surface area contributed by atoms with E-state index in [1.54, 1.807) is 18.2 Å². The molecule has 3 heteroatoms. The van der Waals surface area contributed by atoms with Crippen molar-refractivity contribution in [1.82, 2.24) is 0 Å². The fraction of sp³-hybridized carbons (Fsp3) is 0.524. The molecule has 3 fully saturated rings. The topological polar surface area (TPSA) is 43.4 Å². The molecule has 1 aromatic carbocycles. The van der Waals surface area contributed by atoms with E-state index in [-0.39, 0.29) is 40.0 Å². The van der Waals surface area contributed by atoms with Gasteiger partial charge in [0.1, 0.15) is 6.10 Å². The van der Waals surface area contributed by atoms with Gasteiger partial charge in [0.2, 0.25) is 0 Å². The molecule has 1 aromatic rings. The molecule has 0 N–H and O–H groups in total. The van der Waals surface area contributed by atoms with Crippen LogP contribution >= 0.6 is 0 Å². The molecule has 0 aliphatic heterocycles. The number of carbonyl (C=O) groups is 2. The van der Waals surface area contributed by atoms with Gasteiger partial charge in [-0.1, -0.05) is 38.1 Å². The first kappa shape index (κ1) is 14.4. The van der Waals surface area contributed by atoms with Gasteiger partial charge in [-0.2, -0.15) is 0 Å². The first-order valence-electron chi connectivity index (χ1n) is 8.91. The lowest BCUT2D eigenvalue weighted by Gasteiger charge is -2.68. The second-order valence-corrected chi connectivity index (χ2v) is 8.55. The first-order valence-corrected chi connectivity index (χ1v) is 8.91. The summed E-state index contributed by atoms with van der Waals surface area (Å²) in [5.41, 5.74) is 0.600. The minimum Gasteiger partial charge on any atom is -0.458 e. The maximum Gasteiger partial charge on any atom is 0.338 e. The maximum absolute atomic E-state index is 12.6. The van der Waals surface area contributed by atoms with Crippen LogP contribution in [0.25, 0.3) is 0 Å². The molecule has 24 heavy (non-hydrogen) atoms. The van der Waals surface area contributed by atoms with Crippen molar-refractivity contribution >= 4 is 11.8 Å². The second-order valence-electron chi connectivity index (χ2n) is 8.55. The van der Waals surface area contributed by atoms with E-state index < -0.39 is 0 Å². The summed E-state index contributed by atoms with van der Waals surface area (Å²) >= 11 is 0. The van der Waals surface area contributed by atoms with Gasteiger partial charge in [0.25, 0.3) is 0 Å². The van der Waals surface area contributed by atoms with E-state index >= 15 is 0 Å². The van der Waals surface area contributed by atoms with Gasteiger partial charge in [-0.15, -0.1) is 0 Å². The molecule has 124 valence electrons. The predicted molar refractivity (Wildman–Crippen MR) is 89.3 cm³/mol. The Morgan fingerprint density at radius 3 is 2.67 bits per heavy atom. The Morgan fingerprint density at radius 2 is 1.92 bits per heavy atom. The SMILES string of the molecule is C[C@]12[C@@H]3C[C@@]1(C)[C@@H]1C[C@@H](OC(=O)c4ccccc4)[C@@]2(C=CC3=O)C1. The highest BCUT2D eigenvalue weighted by atomic mass is 16.5. The summed E-state index contributed by atoms with van der Waals surface area (Å²) in [7, 11) is 0.